The fourth-order valence-corrected chi connectivity index (χ4v) is 2.09. The van der Waals surface area contributed by atoms with Crippen LogP contribution in [-0.2, 0) is 20.5 Å². The second-order valence-corrected chi connectivity index (χ2v) is 5.78. The van der Waals surface area contributed by atoms with Crippen LogP contribution in [0.1, 0.15) is 15.9 Å². The Morgan fingerprint density at radius 2 is 1.71 bits per heavy atom. The number of hydrogen-bond donors (Lipinski definition) is 2. The molecule has 0 radical (unpaired) electrons. The summed E-state index contributed by atoms with van der Waals surface area (Å²) in [7, 11) is 0. The maximum absolute atomic E-state index is 12.6. The molecular weight excluding hydrogens is 427 g/mol. The van der Waals surface area contributed by atoms with Crippen molar-refractivity contribution >= 4 is 23.5 Å². The number of alkyl halides is 3. The Morgan fingerprint density at radius 3 is 2.39 bits per heavy atom. The summed E-state index contributed by atoms with van der Waals surface area (Å²) >= 11 is 0. The van der Waals surface area contributed by atoms with Gasteiger partial charge in [-0.1, -0.05) is 12.1 Å². The van der Waals surface area contributed by atoms with Crippen LogP contribution in [0, 0.1) is 10.1 Å². The van der Waals surface area contributed by atoms with Crippen LogP contribution in [0.3, 0.4) is 0 Å². The number of hydrogen-bond acceptors (Lipinski definition) is 7. The molecule has 0 fully saturated rings. The van der Waals surface area contributed by atoms with E-state index < -0.39 is 47.7 Å². The summed E-state index contributed by atoms with van der Waals surface area (Å²) in [6, 6.07) is 8.56. The molecule has 0 aliphatic heterocycles. The topological polar surface area (TPSA) is 137 Å². The van der Waals surface area contributed by atoms with E-state index in [4.69, 9.17) is 4.74 Å². The number of nitro benzene ring substituents is 1. The van der Waals surface area contributed by atoms with Gasteiger partial charge in [0.2, 0.25) is 0 Å². The first-order valence-electron chi connectivity index (χ1n) is 8.35. The Morgan fingerprint density at radius 1 is 1.00 bits per heavy atom. The van der Waals surface area contributed by atoms with Gasteiger partial charge in [0.25, 0.3) is 17.5 Å². The molecule has 0 unspecified atom stereocenters. The predicted octanol–water partition coefficient (Wildman–Crippen LogP) is 2.00. The molecule has 31 heavy (non-hydrogen) atoms. The molecule has 0 heterocycles. The number of amides is 2. The Balaban J connectivity index is 1.75. The summed E-state index contributed by atoms with van der Waals surface area (Å²) in [5.41, 5.74) is 2.53. The highest BCUT2D eigenvalue weighted by Gasteiger charge is 2.30. The molecule has 2 rings (SSSR count). The van der Waals surface area contributed by atoms with Crippen LogP contribution in [0.15, 0.2) is 48.5 Å². The van der Waals surface area contributed by atoms with Crippen molar-refractivity contribution < 1.29 is 42.0 Å². The van der Waals surface area contributed by atoms with Crippen LogP contribution >= 0.6 is 0 Å². The van der Waals surface area contributed by atoms with Crippen molar-refractivity contribution in [1.29, 1.82) is 0 Å². The number of benzene rings is 2. The molecule has 164 valence electrons. The number of esters is 1. The van der Waals surface area contributed by atoms with Crippen molar-refractivity contribution in [2.45, 2.75) is 6.18 Å². The minimum atomic E-state index is -4.58. The molecule has 0 aliphatic carbocycles. The summed E-state index contributed by atoms with van der Waals surface area (Å²) in [5.74, 6) is -3.06. The van der Waals surface area contributed by atoms with Crippen LogP contribution in [0.4, 0.5) is 18.9 Å². The van der Waals surface area contributed by atoms with Gasteiger partial charge in [0.1, 0.15) is 5.75 Å². The third-order valence-electron chi connectivity index (χ3n) is 3.52. The number of hydrazine groups is 1. The highest BCUT2D eigenvalue weighted by atomic mass is 19.4. The molecule has 0 aromatic heterocycles. The summed E-state index contributed by atoms with van der Waals surface area (Å²) in [5, 5.41) is 10.7. The van der Waals surface area contributed by atoms with E-state index in [2.05, 4.69) is 4.74 Å². The highest BCUT2D eigenvalue weighted by Crippen LogP contribution is 2.31. The molecule has 0 aliphatic rings. The lowest BCUT2D eigenvalue weighted by Crippen LogP contribution is -2.43. The minimum absolute atomic E-state index is 0.0963. The number of nitro groups is 1. The number of nitrogens with zero attached hydrogens (tertiary/aromatic N) is 1. The minimum Gasteiger partial charge on any atom is -0.482 e. The molecule has 10 nitrogen and oxygen atoms in total. The van der Waals surface area contributed by atoms with Gasteiger partial charge >= 0.3 is 12.1 Å². The molecule has 2 amide bonds. The van der Waals surface area contributed by atoms with Crippen molar-refractivity contribution in [3.8, 4) is 5.75 Å². The summed E-state index contributed by atoms with van der Waals surface area (Å²) in [4.78, 5) is 45.0. The zero-order valence-electron chi connectivity index (χ0n) is 15.5. The van der Waals surface area contributed by atoms with Crippen molar-refractivity contribution in [2.24, 2.45) is 0 Å². The van der Waals surface area contributed by atoms with Gasteiger partial charge in [-0.15, -0.1) is 0 Å². The van der Waals surface area contributed by atoms with Crippen LogP contribution in [0.5, 0.6) is 5.75 Å². The van der Waals surface area contributed by atoms with Crippen LogP contribution in [-0.4, -0.2) is 35.9 Å². The summed E-state index contributed by atoms with van der Waals surface area (Å²) < 4.78 is 47.3. The van der Waals surface area contributed by atoms with Crippen LogP contribution < -0.4 is 15.6 Å². The van der Waals surface area contributed by atoms with E-state index in [-0.39, 0.29) is 17.0 Å². The fourth-order valence-electron chi connectivity index (χ4n) is 2.09. The molecule has 2 aromatic carbocycles. The summed E-state index contributed by atoms with van der Waals surface area (Å²) in [6.07, 6.45) is -4.58. The molecule has 2 aromatic rings. The Kier molecular flexibility index (Phi) is 7.49. The molecule has 2 N–H and O–H groups in total. The van der Waals surface area contributed by atoms with E-state index >= 15 is 0 Å². The number of nitrogens with one attached hydrogen (secondary N) is 2. The van der Waals surface area contributed by atoms with E-state index in [1.165, 1.54) is 24.3 Å². The standard InChI is InChI=1S/C18H14F3N3O7/c19-18(20,21)12-4-2-6-14(8-12)30-10-16(26)31-9-15(25)22-23-17(27)11-3-1-5-13(7-11)24(28)29/h1-8H,9-10H2,(H,22,25)(H,23,27). The maximum atomic E-state index is 12.6. The predicted molar refractivity (Wildman–Crippen MR) is 96.6 cm³/mol. The largest absolute Gasteiger partial charge is 0.482 e. The quantitative estimate of drug-likeness (QED) is 0.381. The Labute approximate surface area is 172 Å². The van der Waals surface area contributed by atoms with Crippen molar-refractivity contribution in [2.75, 3.05) is 13.2 Å². The molecule has 13 heteroatoms. The van der Waals surface area contributed by atoms with E-state index in [9.17, 15) is 37.7 Å². The normalized spacial score (nSPS) is 10.7. The average molecular weight is 441 g/mol. The lowest BCUT2D eigenvalue weighted by Gasteiger charge is -2.10. The number of carbonyl (C=O) groups is 3. The lowest BCUT2D eigenvalue weighted by atomic mass is 10.2. The van der Waals surface area contributed by atoms with Gasteiger partial charge < -0.3 is 9.47 Å². The second kappa shape index (κ2) is 10.0. The van der Waals surface area contributed by atoms with E-state index in [0.29, 0.717) is 6.07 Å². The first-order valence-corrected chi connectivity index (χ1v) is 8.35. The summed E-state index contributed by atoms with van der Waals surface area (Å²) in [6.45, 7) is -1.57. The van der Waals surface area contributed by atoms with Crippen molar-refractivity contribution in [3.05, 3.63) is 69.8 Å². The van der Waals surface area contributed by atoms with Crippen LogP contribution in [0.25, 0.3) is 0 Å². The molecule has 0 saturated heterocycles. The monoisotopic (exact) mass is 441 g/mol. The molecular formula is C18H14F3N3O7. The van der Waals surface area contributed by atoms with Gasteiger partial charge in [-0.05, 0) is 24.3 Å². The van der Waals surface area contributed by atoms with E-state index in [0.717, 1.165) is 18.2 Å². The van der Waals surface area contributed by atoms with E-state index in [1.807, 2.05) is 10.9 Å². The van der Waals surface area contributed by atoms with Crippen molar-refractivity contribution in [1.82, 2.24) is 10.9 Å². The van der Waals surface area contributed by atoms with Gasteiger partial charge in [-0.25, -0.2) is 4.79 Å². The smallest absolute Gasteiger partial charge is 0.416 e. The molecule has 0 spiro atoms. The van der Waals surface area contributed by atoms with Gasteiger partial charge in [-0.3, -0.25) is 30.6 Å². The Bertz CT molecular complexity index is 995. The molecule has 0 bridgehead atoms. The highest BCUT2D eigenvalue weighted by molar-refractivity contribution is 5.96. The first-order chi connectivity index (χ1) is 14.6. The fraction of sp³-hybridized carbons (Fsp3) is 0.167. The van der Waals surface area contributed by atoms with E-state index in [1.54, 1.807) is 0 Å². The lowest BCUT2D eigenvalue weighted by molar-refractivity contribution is -0.384. The van der Waals surface area contributed by atoms with Gasteiger partial charge in [0.05, 0.1) is 10.5 Å². The van der Waals surface area contributed by atoms with Crippen molar-refractivity contribution in [3.63, 3.8) is 0 Å². The third-order valence-corrected chi connectivity index (χ3v) is 3.52. The zero-order chi connectivity index (χ0) is 23.0. The molecule has 0 atom stereocenters. The Hall–Kier alpha value is -4.16. The van der Waals surface area contributed by atoms with Gasteiger partial charge in [-0.2, -0.15) is 13.2 Å². The number of halogens is 3. The first kappa shape index (κ1) is 23.1. The molecule has 0 saturated carbocycles. The number of ether oxygens (including phenoxy) is 2. The maximum Gasteiger partial charge on any atom is 0.416 e. The van der Waals surface area contributed by atoms with Gasteiger partial charge in [0, 0.05) is 17.7 Å². The van der Waals surface area contributed by atoms with Crippen LogP contribution in [0.2, 0.25) is 0 Å². The average Bonchev–Trinajstić information content (AvgIpc) is 2.74. The number of carbonyl (C=O) groups excluding carboxylic acids is 3. The van der Waals surface area contributed by atoms with Gasteiger partial charge in [0.15, 0.2) is 13.2 Å². The number of non-ortho nitro benzene ring substituents is 1. The second-order valence-electron chi connectivity index (χ2n) is 5.78. The zero-order valence-corrected chi connectivity index (χ0v) is 15.5. The number of rotatable bonds is 7. The SMILES string of the molecule is O=C(COC(=O)COc1cccc(C(F)(F)F)c1)NNC(=O)c1cccc([N+](=O)[O-])c1. The third kappa shape index (κ3) is 7.30.